The Bertz CT molecular complexity index is 1190. The first-order valence-electron chi connectivity index (χ1n) is 10.6. The van der Waals surface area contributed by atoms with Gasteiger partial charge in [-0.15, -0.1) is 0 Å². The summed E-state index contributed by atoms with van der Waals surface area (Å²) in [6, 6.07) is 17.9. The highest BCUT2D eigenvalue weighted by molar-refractivity contribution is 6.06. The maximum absolute atomic E-state index is 12.8. The van der Waals surface area contributed by atoms with Crippen molar-refractivity contribution >= 4 is 16.7 Å². The fraction of sp³-hybridized carbons (Fsp3) is 0.240. The number of hydrogen-bond donors (Lipinski definition) is 1. The summed E-state index contributed by atoms with van der Waals surface area (Å²) < 4.78 is 2.09. The summed E-state index contributed by atoms with van der Waals surface area (Å²) in [5.41, 5.74) is 5.56. The van der Waals surface area contributed by atoms with E-state index in [1.165, 1.54) is 24.1 Å². The molecule has 30 heavy (non-hydrogen) atoms. The summed E-state index contributed by atoms with van der Waals surface area (Å²) >= 11 is 0. The van der Waals surface area contributed by atoms with Gasteiger partial charge in [-0.05, 0) is 54.7 Å². The minimum Gasteiger partial charge on any atom is -0.350 e. The first kappa shape index (κ1) is 18.6. The van der Waals surface area contributed by atoms with Crippen LogP contribution in [0.1, 0.15) is 34.5 Å². The summed E-state index contributed by atoms with van der Waals surface area (Å²) in [6.45, 7) is 1.22. The maximum atomic E-state index is 12.8. The molecule has 2 heterocycles. The number of aromatic nitrogens is 3. The lowest BCUT2D eigenvalue weighted by molar-refractivity contribution is 0.0953. The smallest absolute Gasteiger partial charge is 0.251 e. The molecule has 1 N–H and O–H groups in total. The fourth-order valence-corrected chi connectivity index (χ4v) is 4.39. The molecule has 0 bridgehead atoms. The van der Waals surface area contributed by atoms with Gasteiger partial charge in [-0.1, -0.05) is 36.4 Å². The monoisotopic (exact) mass is 396 g/mol. The predicted octanol–water partition coefficient (Wildman–Crippen LogP) is 4.41. The van der Waals surface area contributed by atoms with E-state index in [0.717, 1.165) is 34.9 Å². The fourth-order valence-electron chi connectivity index (χ4n) is 4.39. The third-order valence-electron chi connectivity index (χ3n) is 5.85. The second-order valence-corrected chi connectivity index (χ2v) is 7.72. The molecule has 4 aromatic rings. The molecule has 0 radical (unpaired) electrons. The maximum Gasteiger partial charge on any atom is 0.251 e. The van der Waals surface area contributed by atoms with Gasteiger partial charge in [0, 0.05) is 41.3 Å². The summed E-state index contributed by atoms with van der Waals surface area (Å²) in [4.78, 5) is 16.9. The molecule has 2 aromatic carbocycles. The van der Waals surface area contributed by atoms with Crippen LogP contribution in [0.15, 0.2) is 67.0 Å². The van der Waals surface area contributed by atoms with Crippen LogP contribution in [0.5, 0.6) is 0 Å². The molecule has 5 nitrogen and oxygen atoms in total. The average molecular weight is 396 g/mol. The van der Waals surface area contributed by atoms with Gasteiger partial charge < -0.3 is 5.32 Å². The van der Waals surface area contributed by atoms with Crippen molar-refractivity contribution in [1.29, 1.82) is 0 Å². The lowest BCUT2D eigenvalue weighted by Crippen LogP contribution is -2.28. The Labute approximate surface area is 175 Å². The zero-order valence-electron chi connectivity index (χ0n) is 16.8. The number of fused-ring (bicyclic) bond motifs is 2. The zero-order chi connectivity index (χ0) is 20.3. The van der Waals surface area contributed by atoms with Gasteiger partial charge in [-0.2, -0.15) is 5.10 Å². The van der Waals surface area contributed by atoms with Crippen molar-refractivity contribution in [1.82, 2.24) is 20.1 Å². The Morgan fingerprint density at radius 1 is 0.967 bits per heavy atom. The lowest BCUT2D eigenvalue weighted by atomic mass is 9.94. The van der Waals surface area contributed by atoms with Gasteiger partial charge in [0.15, 0.2) is 0 Å². The molecule has 1 aliphatic rings. The van der Waals surface area contributed by atoms with Crippen LogP contribution in [0, 0.1) is 0 Å². The first-order chi connectivity index (χ1) is 14.8. The molecule has 0 aliphatic heterocycles. The predicted molar refractivity (Wildman–Crippen MR) is 118 cm³/mol. The Kier molecular flexibility index (Phi) is 5.01. The van der Waals surface area contributed by atoms with Gasteiger partial charge >= 0.3 is 0 Å². The molecule has 0 saturated carbocycles. The standard InChI is InChI=1S/C25H24N4O/c30-25(21-10-5-7-18-6-1-2-8-20(18)21)27-16-17-29-23-11-4-3-9-22(23)24(28-29)19-12-14-26-15-13-19/h1-2,5-8,10,12-15H,3-4,9,11,16-17H2,(H,27,30). The normalized spacial score (nSPS) is 13.2. The van der Waals surface area contributed by atoms with Gasteiger partial charge in [0.25, 0.3) is 5.91 Å². The molecule has 5 rings (SSSR count). The Morgan fingerprint density at radius 2 is 1.77 bits per heavy atom. The number of rotatable bonds is 5. The Morgan fingerprint density at radius 3 is 2.67 bits per heavy atom. The van der Waals surface area contributed by atoms with Gasteiger partial charge in [0.05, 0.1) is 12.2 Å². The van der Waals surface area contributed by atoms with Crippen LogP contribution in [-0.4, -0.2) is 27.2 Å². The van der Waals surface area contributed by atoms with E-state index in [1.54, 1.807) is 0 Å². The highest BCUT2D eigenvalue weighted by atomic mass is 16.1. The highest BCUT2D eigenvalue weighted by Crippen LogP contribution is 2.30. The van der Waals surface area contributed by atoms with Crippen LogP contribution < -0.4 is 5.32 Å². The van der Waals surface area contributed by atoms with Crippen LogP contribution in [0.2, 0.25) is 0 Å². The van der Waals surface area contributed by atoms with E-state index in [9.17, 15) is 4.79 Å². The van der Waals surface area contributed by atoms with Gasteiger partial charge in [-0.25, -0.2) is 0 Å². The third-order valence-corrected chi connectivity index (χ3v) is 5.85. The summed E-state index contributed by atoms with van der Waals surface area (Å²) in [7, 11) is 0. The zero-order valence-corrected chi connectivity index (χ0v) is 16.8. The number of benzene rings is 2. The van der Waals surface area contributed by atoms with E-state index < -0.39 is 0 Å². The van der Waals surface area contributed by atoms with Crippen molar-refractivity contribution in [2.75, 3.05) is 6.54 Å². The van der Waals surface area contributed by atoms with Crippen molar-refractivity contribution in [3.63, 3.8) is 0 Å². The molecule has 5 heteroatoms. The molecule has 0 spiro atoms. The topological polar surface area (TPSA) is 59.8 Å². The van der Waals surface area contributed by atoms with Crippen LogP contribution >= 0.6 is 0 Å². The molecular weight excluding hydrogens is 372 g/mol. The van der Waals surface area contributed by atoms with E-state index in [-0.39, 0.29) is 5.91 Å². The van der Waals surface area contributed by atoms with Gasteiger partial charge in [0.1, 0.15) is 0 Å². The second-order valence-electron chi connectivity index (χ2n) is 7.72. The molecule has 0 unspecified atom stereocenters. The third kappa shape index (κ3) is 3.47. The lowest BCUT2D eigenvalue weighted by Gasteiger charge is -2.14. The summed E-state index contributed by atoms with van der Waals surface area (Å²) in [5.74, 6) is -0.0396. The number of carbonyl (C=O) groups is 1. The van der Waals surface area contributed by atoms with E-state index in [0.29, 0.717) is 18.7 Å². The number of nitrogens with zero attached hydrogens (tertiary/aromatic N) is 3. The van der Waals surface area contributed by atoms with Crippen molar-refractivity contribution in [3.05, 3.63) is 83.8 Å². The van der Waals surface area contributed by atoms with Crippen LogP contribution in [0.3, 0.4) is 0 Å². The molecule has 150 valence electrons. The second kappa shape index (κ2) is 8.11. The van der Waals surface area contributed by atoms with Crippen LogP contribution in [0.4, 0.5) is 0 Å². The molecule has 0 fully saturated rings. The number of hydrogen-bond acceptors (Lipinski definition) is 3. The molecular formula is C25H24N4O. The first-order valence-corrected chi connectivity index (χ1v) is 10.6. The average Bonchev–Trinajstić information content (AvgIpc) is 3.18. The van der Waals surface area contributed by atoms with Crippen molar-refractivity contribution < 1.29 is 4.79 Å². The van der Waals surface area contributed by atoms with Crippen LogP contribution in [0.25, 0.3) is 22.0 Å². The van der Waals surface area contributed by atoms with E-state index >= 15 is 0 Å². The largest absolute Gasteiger partial charge is 0.350 e. The number of pyridine rings is 1. The Hall–Kier alpha value is -3.47. The minimum atomic E-state index is -0.0396. The molecule has 1 aliphatic carbocycles. The SMILES string of the molecule is O=C(NCCn1nc(-c2ccncc2)c2c1CCCC2)c1cccc2ccccc12. The quantitative estimate of drug-likeness (QED) is 0.544. The number of amides is 1. The van der Waals surface area contributed by atoms with Gasteiger partial charge in [-0.3, -0.25) is 14.5 Å². The van der Waals surface area contributed by atoms with Crippen molar-refractivity contribution in [3.8, 4) is 11.3 Å². The Balaban J connectivity index is 1.34. The molecule has 0 atom stereocenters. The van der Waals surface area contributed by atoms with Crippen molar-refractivity contribution in [2.24, 2.45) is 0 Å². The van der Waals surface area contributed by atoms with E-state index in [1.807, 2.05) is 67.0 Å². The number of carbonyl (C=O) groups excluding carboxylic acids is 1. The van der Waals surface area contributed by atoms with E-state index in [2.05, 4.69) is 15.0 Å². The molecule has 0 saturated heterocycles. The molecule has 2 aromatic heterocycles. The molecule has 1 amide bonds. The van der Waals surface area contributed by atoms with Crippen LogP contribution in [-0.2, 0) is 19.4 Å². The summed E-state index contributed by atoms with van der Waals surface area (Å²) in [5, 5.41) is 10.1. The minimum absolute atomic E-state index is 0.0396. The highest BCUT2D eigenvalue weighted by Gasteiger charge is 2.21. The summed E-state index contributed by atoms with van der Waals surface area (Å²) in [6.07, 6.45) is 8.13. The van der Waals surface area contributed by atoms with Gasteiger partial charge in [0.2, 0.25) is 0 Å². The number of nitrogens with one attached hydrogen (secondary N) is 1. The van der Waals surface area contributed by atoms with E-state index in [4.69, 9.17) is 5.10 Å². The van der Waals surface area contributed by atoms with Crippen molar-refractivity contribution in [2.45, 2.75) is 32.2 Å².